The van der Waals surface area contributed by atoms with Crippen LogP contribution in [0, 0.1) is 5.82 Å². The van der Waals surface area contributed by atoms with Gasteiger partial charge in [0.2, 0.25) is 0 Å². The zero-order chi connectivity index (χ0) is 16.0. The smallest absolute Gasteiger partial charge is 0.128 e. The molecule has 0 spiro atoms. The third kappa shape index (κ3) is 2.76. The number of rotatable bonds is 3. The molecule has 2 heterocycles. The van der Waals surface area contributed by atoms with Crippen molar-refractivity contribution >= 4 is 23.0 Å². The second-order valence-corrected chi connectivity index (χ2v) is 6.58. The lowest BCUT2D eigenvalue weighted by Gasteiger charge is -2.39. The van der Waals surface area contributed by atoms with Crippen molar-refractivity contribution in [2.75, 3.05) is 36.6 Å². The Bertz CT molecular complexity index is 744. The van der Waals surface area contributed by atoms with Gasteiger partial charge in [0.1, 0.15) is 11.4 Å². The van der Waals surface area contributed by atoms with E-state index in [0.29, 0.717) is 31.4 Å². The maximum absolute atomic E-state index is 13.5. The number of anilines is 2. The van der Waals surface area contributed by atoms with Gasteiger partial charge in [0.15, 0.2) is 0 Å². The first-order chi connectivity index (χ1) is 11.0. The van der Waals surface area contributed by atoms with Gasteiger partial charge in [-0.2, -0.15) is 0 Å². The molecule has 4 nitrogen and oxygen atoms in total. The molecule has 0 aromatic heterocycles. The van der Waals surface area contributed by atoms with Gasteiger partial charge in [0.05, 0.1) is 37.8 Å². The van der Waals surface area contributed by atoms with Crippen molar-refractivity contribution in [3.05, 3.63) is 47.2 Å². The number of benzene rings is 2. The summed E-state index contributed by atoms with van der Waals surface area (Å²) in [5.41, 5.74) is 2.86. The highest BCUT2D eigenvalue weighted by molar-refractivity contribution is 6.30. The Labute approximate surface area is 138 Å². The Kier molecular flexibility index (Phi) is 3.44. The number of aliphatic hydroxyl groups is 1. The van der Waals surface area contributed by atoms with Crippen molar-refractivity contribution in [1.29, 1.82) is 0 Å². The van der Waals surface area contributed by atoms with Crippen molar-refractivity contribution in [3.8, 4) is 11.1 Å². The highest BCUT2D eigenvalue weighted by Gasteiger charge is 2.39. The van der Waals surface area contributed by atoms with E-state index in [2.05, 4.69) is 10.2 Å². The summed E-state index contributed by atoms with van der Waals surface area (Å²) in [6.07, 6.45) is 0. The minimum absolute atomic E-state index is 0.352. The molecular weight excluding hydrogens is 319 g/mol. The Balaban J connectivity index is 1.62. The molecule has 23 heavy (non-hydrogen) atoms. The minimum Gasteiger partial charge on any atom is -0.383 e. The van der Waals surface area contributed by atoms with Gasteiger partial charge < -0.3 is 20.1 Å². The predicted molar refractivity (Wildman–Crippen MR) is 88.5 cm³/mol. The Morgan fingerprint density at radius 2 is 2.04 bits per heavy atom. The van der Waals surface area contributed by atoms with Crippen LogP contribution >= 0.6 is 11.6 Å². The van der Waals surface area contributed by atoms with E-state index < -0.39 is 5.60 Å². The number of hydrogen-bond donors (Lipinski definition) is 2. The van der Waals surface area contributed by atoms with Crippen LogP contribution in [-0.4, -0.2) is 37.1 Å². The molecular formula is C17H16ClFN2O2. The molecule has 4 rings (SSSR count). The summed E-state index contributed by atoms with van der Waals surface area (Å²) in [7, 11) is 0. The van der Waals surface area contributed by atoms with E-state index in [1.165, 1.54) is 12.1 Å². The molecule has 2 aliphatic rings. The number of hydrogen-bond acceptors (Lipinski definition) is 4. The number of β-amino-alcohol motifs (C(OH)–C–C–N with tert-alkyl or cyclic N) is 1. The van der Waals surface area contributed by atoms with E-state index in [4.69, 9.17) is 16.3 Å². The molecule has 2 aliphatic heterocycles. The summed E-state index contributed by atoms with van der Waals surface area (Å²) in [5.74, 6) is -0.352. The topological polar surface area (TPSA) is 44.7 Å². The number of fused-ring (bicyclic) bond motifs is 1. The molecule has 2 N–H and O–H groups in total. The highest BCUT2D eigenvalue weighted by Crippen LogP contribution is 2.37. The minimum atomic E-state index is -0.766. The van der Waals surface area contributed by atoms with E-state index >= 15 is 0 Å². The van der Waals surface area contributed by atoms with E-state index in [1.54, 1.807) is 6.07 Å². The summed E-state index contributed by atoms with van der Waals surface area (Å²) in [4.78, 5) is 2.08. The average molecular weight is 335 g/mol. The summed E-state index contributed by atoms with van der Waals surface area (Å²) in [5, 5.41) is 13.9. The van der Waals surface area contributed by atoms with Gasteiger partial charge in [0, 0.05) is 5.02 Å². The zero-order valence-corrected chi connectivity index (χ0v) is 13.1. The first-order valence-electron chi connectivity index (χ1n) is 7.42. The van der Waals surface area contributed by atoms with Gasteiger partial charge in [-0.05, 0) is 41.5 Å². The molecule has 1 fully saturated rings. The van der Waals surface area contributed by atoms with Gasteiger partial charge in [-0.15, -0.1) is 0 Å². The Hall–Kier alpha value is -1.82. The lowest BCUT2D eigenvalue weighted by molar-refractivity contribution is -0.171. The van der Waals surface area contributed by atoms with Crippen LogP contribution in [-0.2, 0) is 4.74 Å². The molecule has 0 unspecified atom stereocenters. The van der Waals surface area contributed by atoms with E-state index in [1.807, 2.05) is 18.2 Å². The average Bonchev–Trinajstić information content (AvgIpc) is 2.87. The maximum atomic E-state index is 13.5. The monoisotopic (exact) mass is 334 g/mol. The second kappa shape index (κ2) is 5.37. The van der Waals surface area contributed by atoms with Crippen molar-refractivity contribution < 1.29 is 14.2 Å². The standard InChI is InChI=1S/C17H16ClFN2O2/c18-13-3-12(4-14(19)6-13)11-1-2-16-15(5-11)20-10-21(16)7-17(22)8-23-9-17/h1-6,20,22H,7-10H2. The molecule has 2 aromatic rings. The lowest BCUT2D eigenvalue weighted by Crippen LogP contribution is -2.57. The summed E-state index contributed by atoms with van der Waals surface area (Å²) in [6, 6.07) is 10.4. The highest BCUT2D eigenvalue weighted by atomic mass is 35.5. The van der Waals surface area contributed by atoms with E-state index in [9.17, 15) is 9.50 Å². The van der Waals surface area contributed by atoms with Crippen LogP contribution in [0.3, 0.4) is 0 Å². The van der Waals surface area contributed by atoms with E-state index in [0.717, 1.165) is 22.5 Å². The maximum Gasteiger partial charge on any atom is 0.128 e. The summed E-state index contributed by atoms with van der Waals surface area (Å²) >= 11 is 5.93. The van der Waals surface area contributed by atoms with Crippen LogP contribution in [0.1, 0.15) is 0 Å². The molecule has 0 aliphatic carbocycles. The molecule has 120 valence electrons. The van der Waals surface area contributed by atoms with Crippen LogP contribution in [0.5, 0.6) is 0 Å². The van der Waals surface area contributed by atoms with Crippen LogP contribution in [0.2, 0.25) is 5.02 Å². The van der Waals surface area contributed by atoms with Crippen LogP contribution in [0.15, 0.2) is 36.4 Å². The zero-order valence-electron chi connectivity index (χ0n) is 12.4. The summed E-state index contributed by atoms with van der Waals surface area (Å²) < 4.78 is 18.6. The van der Waals surface area contributed by atoms with Crippen molar-refractivity contribution in [2.24, 2.45) is 0 Å². The van der Waals surface area contributed by atoms with Gasteiger partial charge in [-0.1, -0.05) is 17.7 Å². The first-order valence-corrected chi connectivity index (χ1v) is 7.80. The van der Waals surface area contributed by atoms with Gasteiger partial charge in [-0.25, -0.2) is 4.39 Å². The molecule has 0 radical (unpaired) electrons. The van der Waals surface area contributed by atoms with Crippen LogP contribution in [0.25, 0.3) is 11.1 Å². The number of ether oxygens (including phenoxy) is 1. The van der Waals surface area contributed by atoms with Crippen LogP contribution < -0.4 is 10.2 Å². The normalized spacial score (nSPS) is 18.3. The molecule has 0 amide bonds. The molecule has 2 aromatic carbocycles. The number of halogens is 2. The summed E-state index contributed by atoms with van der Waals surface area (Å²) in [6.45, 7) is 1.90. The van der Waals surface area contributed by atoms with Gasteiger partial charge in [0.25, 0.3) is 0 Å². The Morgan fingerprint density at radius 1 is 1.22 bits per heavy atom. The second-order valence-electron chi connectivity index (χ2n) is 6.14. The number of nitrogens with one attached hydrogen (secondary N) is 1. The SMILES string of the molecule is OC1(CN2CNc3cc(-c4cc(F)cc(Cl)c4)ccc32)COC1. The first kappa shape index (κ1) is 14.8. The fourth-order valence-electron chi connectivity index (χ4n) is 3.04. The number of nitrogens with zero attached hydrogens (tertiary/aromatic N) is 1. The van der Waals surface area contributed by atoms with E-state index in [-0.39, 0.29) is 5.82 Å². The lowest BCUT2D eigenvalue weighted by atomic mass is 10.0. The largest absolute Gasteiger partial charge is 0.383 e. The van der Waals surface area contributed by atoms with Gasteiger partial charge >= 0.3 is 0 Å². The molecule has 1 saturated heterocycles. The molecule has 0 saturated carbocycles. The van der Waals surface area contributed by atoms with Crippen LogP contribution in [0.4, 0.5) is 15.8 Å². The third-order valence-corrected chi connectivity index (χ3v) is 4.44. The predicted octanol–water partition coefficient (Wildman–Crippen LogP) is 3.10. The van der Waals surface area contributed by atoms with Crippen molar-refractivity contribution in [3.63, 3.8) is 0 Å². The van der Waals surface area contributed by atoms with Gasteiger partial charge in [-0.3, -0.25) is 0 Å². The third-order valence-electron chi connectivity index (χ3n) is 4.22. The molecule has 0 bridgehead atoms. The van der Waals surface area contributed by atoms with Crippen molar-refractivity contribution in [1.82, 2.24) is 0 Å². The quantitative estimate of drug-likeness (QED) is 0.905. The molecule has 0 atom stereocenters. The van der Waals surface area contributed by atoms with Crippen molar-refractivity contribution in [2.45, 2.75) is 5.60 Å². The Morgan fingerprint density at radius 3 is 2.74 bits per heavy atom. The molecule has 6 heteroatoms. The fraction of sp³-hybridized carbons (Fsp3) is 0.294. The fourth-order valence-corrected chi connectivity index (χ4v) is 3.27.